The Morgan fingerprint density at radius 1 is 0.447 bits per heavy atom. The van der Waals surface area contributed by atoms with E-state index in [2.05, 4.69) is 137 Å². The standard InChI is InChI=1S/C43H26N2O2/c1-2-7-27(8-3-1)28-15-19-31(20-16-28)45(37-10-6-12-40-42(37)34-9-4-5-11-38(34)46-40)32-21-17-29-13-14-30-18-22-33-36-26-44-24-23-39(36)47-43(33)41(30)35(29)25-32/h1-26H. The first-order valence-corrected chi connectivity index (χ1v) is 15.8. The van der Waals surface area contributed by atoms with Gasteiger partial charge in [0.15, 0.2) is 0 Å². The maximum Gasteiger partial charge on any atom is 0.143 e. The molecule has 0 saturated heterocycles. The number of nitrogens with zero attached hydrogens (tertiary/aromatic N) is 2. The summed E-state index contributed by atoms with van der Waals surface area (Å²) in [6.45, 7) is 0. The number of pyridine rings is 1. The number of rotatable bonds is 4. The quantitative estimate of drug-likeness (QED) is 0.188. The normalized spacial score (nSPS) is 11.8. The van der Waals surface area contributed by atoms with Crippen LogP contribution in [0.15, 0.2) is 167 Å². The van der Waals surface area contributed by atoms with Crippen molar-refractivity contribution in [2.75, 3.05) is 4.90 Å². The molecule has 10 rings (SSSR count). The summed E-state index contributed by atoms with van der Waals surface area (Å²) in [7, 11) is 0. The molecular formula is C43H26N2O2. The summed E-state index contributed by atoms with van der Waals surface area (Å²) in [5, 5.41) is 8.79. The van der Waals surface area contributed by atoms with Gasteiger partial charge in [0, 0.05) is 45.3 Å². The van der Waals surface area contributed by atoms with Crippen LogP contribution in [0.5, 0.6) is 0 Å². The Bertz CT molecular complexity index is 2790. The van der Waals surface area contributed by atoms with Crippen LogP contribution in [0.3, 0.4) is 0 Å². The van der Waals surface area contributed by atoms with Gasteiger partial charge in [0.1, 0.15) is 22.3 Å². The molecule has 0 bridgehead atoms. The molecule has 4 heteroatoms. The van der Waals surface area contributed by atoms with Crippen LogP contribution in [-0.4, -0.2) is 4.98 Å². The summed E-state index contributed by atoms with van der Waals surface area (Å²) in [5.41, 5.74) is 8.98. The predicted octanol–water partition coefficient (Wildman–Crippen LogP) is 12.3. The molecule has 7 aromatic carbocycles. The van der Waals surface area contributed by atoms with Crippen molar-refractivity contribution in [3.63, 3.8) is 0 Å². The molecule has 0 unspecified atom stereocenters. The zero-order valence-corrected chi connectivity index (χ0v) is 25.2. The fourth-order valence-electron chi connectivity index (χ4n) is 7.14. The highest BCUT2D eigenvalue weighted by atomic mass is 16.3. The van der Waals surface area contributed by atoms with Crippen LogP contribution in [-0.2, 0) is 0 Å². The van der Waals surface area contributed by atoms with Crippen LogP contribution < -0.4 is 4.90 Å². The van der Waals surface area contributed by atoms with Crippen molar-refractivity contribution >= 4 is 82.5 Å². The minimum absolute atomic E-state index is 0.842. The van der Waals surface area contributed by atoms with Gasteiger partial charge >= 0.3 is 0 Å². The Hall–Kier alpha value is -6.39. The van der Waals surface area contributed by atoms with Crippen molar-refractivity contribution in [3.05, 3.63) is 158 Å². The van der Waals surface area contributed by atoms with Gasteiger partial charge in [0.05, 0.1) is 11.1 Å². The van der Waals surface area contributed by atoms with E-state index in [4.69, 9.17) is 8.83 Å². The molecule has 4 nitrogen and oxygen atoms in total. The third-order valence-corrected chi connectivity index (χ3v) is 9.33. The summed E-state index contributed by atoms with van der Waals surface area (Å²) in [4.78, 5) is 6.72. The Balaban J connectivity index is 1.26. The fraction of sp³-hybridized carbons (Fsp3) is 0. The molecule has 0 amide bonds. The van der Waals surface area contributed by atoms with Gasteiger partial charge in [-0.15, -0.1) is 0 Å². The molecule has 220 valence electrons. The van der Waals surface area contributed by atoms with Gasteiger partial charge in [0.2, 0.25) is 0 Å². The first kappa shape index (κ1) is 25.9. The van der Waals surface area contributed by atoms with Crippen molar-refractivity contribution in [1.29, 1.82) is 0 Å². The van der Waals surface area contributed by atoms with E-state index in [1.54, 1.807) is 6.20 Å². The van der Waals surface area contributed by atoms with Gasteiger partial charge in [-0.25, -0.2) is 0 Å². The largest absolute Gasteiger partial charge is 0.456 e. The SMILES string of the molecule is c1ccc(-c2ccc(N(c3ccc4ccc5ccc6c7cnccc7oc6c5c4c3)c3cccc4oc5ccccc5c34)cc2)cc1. The minimum Gasteiger partial charge on any atom is -0.456 e. The lowest BCUT2D eigenvalue weighted by atomic mass is 9.98. The molecule has 10 aromatic rings. The molecule has 0 atom stereocenters. The number of furan rings is 2. The van der Waals surface area contributed by atoms with E-state index in [9.17, 15) is 0 Å². The Morgan fingerprint density at radius 2 is 1.17 bits per heavy atom. The molecule has 0 saturated carbocycles. The number of hydrogen-bond acceptors (Lipinski definition) is 4. The maximum absolute atomic E-state index is 6.53. The van der Waals surface area contributed by atoms with Gasteiger partial charge in [-0.05, 0) is 81.9 Å². The molecule has 0 aliphatic heterocycles. The van der Waals surface area contributed by atoms with Gasteiger partial charge in [-0.2, -0.15) is 0 Å². The van der Waals surface area contributed by atoms with Crippen LogP contribution in [0.1, 0.15) is 0 Å². The van der Waals surface area contributed by atoms with E-state index in [1.807, 2.05) is 24.4 Å². The average Bonchev–Trinajstić information content (AvgIpc) is 3.71. The molecule has 0 radical (unpaired) electrons. The molecule has 0 N–H and O–H groups in total. The van der Waals surface area contributed by atoms with Crippen molar-refractivity contribution in [2.24, 2.45) is 0 Å². The number of aromatic nitrogens is 1. The summed E-state index contributed by atoms with van der Waals surface area (Å²) >= 11 is 0. The number of hydrogen-bond donors (Lipinski definition) is 0. The smallest absolute Gasteiger partial charge is 0.143 e. The number of para-hydroxylation sites is 1. The third-order valence-electron chi connectivity index (χ3n) is 9.33. The lowest BCUT2D eigenvalue weighted by Gasteiger charge is -2.27. The lowest BCUT2D eigenvalue weighted by Crippen LogP contribution is -2.10. The zero-order valence-electron chi connectivity index (χ0n) is 25.2. The van der Waals surface area contributed by atoms with Crippen LogP contribution in [0.2, 0.25) is 0 Å². The third kappa shape index (κ3) is 3.98. The van der Waals surface area contributed by atoms with Gasteiger partial charge in [0.25, 0.3) is 0 Å². The van der Waals surface area contributed by atoms with Crippen LogP contribution in [0, 0.1) is 0 Å². The van der Waals surface area contributed by atoms with Gasteiger partial charge in [-0.1, -0.05) is 91.0 Å². The highest BCUT2D eigenvalue weighted by Gasteiger charge is 2.21. The molecule has 0 fully saturated rings. The second kappa shape index (κ2) is 10.1. The van der Waals surface area contributed by atoms with Crippen molar-refractivity contribution in [2.45, 2.75) is 0 Å². The van der Waals surface area contributed by atoms with Gasteiger partial charge < -0.3 is 13.7 Å². The number of fused-ring (bicyclic) bond motifs is 10. The van der Waals surface area contributed by atoms with Crippen LogP contribution >= 0.6 is 0 Å². The number of benzene rings is 7. The molecule has 3 heterocycles. The number of anilines is 3. The Labute approximate surface area is 269 Å². The van der Waals surface area contributed by atoms with E-state index in [1.165, 1.54) is 11.1 Å². The van der Waals surface area contributed by atoms with E-state index in [-0.39, 0.29) is 0 Å². The minimum atomic E-state index is 0.842. The molecular weight excluding hydrogens is 576 g/mol. The second-order valence-electron chi connectivity index (χ2n) is 12.0. The molecule has 47 heavy (non-hydrogen) atoms. The second-order valence-corrected chi connectivity index (χ2v) is 12.0. The van der Waals surface area contributed by atoms with E-state index >= 15 is 0 Å². The summed E-state index contributed by atoms with van der Waals surface area (Å²) in [6.07, 6.45) is 3.67. The van der Waals surface area contributed by atoms with Crippen molar-refractivity contribution in [3.8, 4) is 11.1 Å². The topological polar surface area (TPSA) is 42.4 Å². The van der Waals surface area contributed by atoms with E-state index in [0.717, 1.165) is 82.5 Å². The fourth-order valence-corrected chi connectivity index (χ4v) is 7.14. The first-order valence-electron chi connectivity index (χ1n) is 15.8. The monoisotopic (exact) mass is 602 g/mol. The zero-order chi connectivity index (χ0) is 30.9. The highest BCUT2D eigenvalue weighted by molar-refractivity contribution is 6.23. The Kier molecular flexibility index (Phi) is 5.54. The maximum atomic E-state index is 6.53. The highest BCUT2D eigenvalue weighted by Crippen LogP contribution is 2.45. The molecule has 0 spiro atoms. The lowest BCUT2D eigenvalue weighted by molar-refractivity contribution is 0.669. The average molecular weight is 603 g/mol. The molecule has 0 aliphatic carbocycles. The van der Waals surface area contributed by atoms with Crippen LogP contribution in [0.25, 0.3) is 76.5 Å². The molecule has 3 aromatic heterocycles. The first-order chi connectivity index (χ1) is 23.3. The van der Waals surface area contributed by atoms with Crippen molar-refractivity contribution < 1.29 is 8.83 Å². The Morgan fingerprint density at radius 3 is 2.09 bits per heavy atom. The summed E-state index contributed by atoms with van der Waals surface area (Å²) in [5.74, 6) is 0. The predicted molar refractivity (Wildman–Crippen MR) is 194 cm³/mol. The van der Waals surface area contributed by atoms with Crippen molar-refractivity contribution in [1.82, 2.24) is 4.98 Å². The summed E-state index contributed by atoms with van der Waals surface area (Å²) in [6, 6.07) is 51.3. The van der Waals surface area contributed by atoms with Crippen LogP contribution in [0.4, 0.5) is 17.1 Å². The summed E-state index contributed by atoms with van der Waals surface area (Å²) < 4.78 is 12.9. The molecule has 0 aliphatic rings. The van der Waals surface area contributed by atoms with E-state index in [0.29, 0.717) is 0 Å². The van der Waals surface area contributed by atoms with Gasteiger partial charge in [-0.3, -0.25) is 4.98 Å². The van der Waals surface area contributed by atoms with E-state index < -0.39 is 0 Å².